The van der Waals surface area contributed by atoms with E-state index in [-0.39, 0.29) is 5.95 Å². The molecule has 1 aromatic rings. The number of hydrogen-bond donors (Lipinski definition) is 2. The standard InChI is InChI=1S/C12H22N6/c1-4-18(5-2)11-16-9(13)15-10(17-11)14-8-12(3)6-7-12/h4-8H2,1-3H3,(H3,13,14,15,16,17). The third-order valence-electron chi connectivity index (χ3n) is 3.46. The first kappa shape index (κ1) is 12.9. The van der Waals surface area contributed by atoms with Crippen LogP contribution in [0.4, 0.5) is 17.8 Å². The molecule has 0 spiro atoms. The number of nitrogen functional groups attached to an aromatic ring is 1. The molecule has 0 amide bonds. The molecule has 1 heterocycles. The van der Waals surface area contributed by atoms with E-state index in [9.17, 15) is 0 Å². The number of anilines is 3. The zero-order valence-corrected chi connectivity index (χ0v) is 11.4. The van der Waals surface area contributed by atoms with Gasteiger partial charge in [-0.25, -0.2) is 0 Å². The first-order valence-corrected chi connectivity index (χ1v) is 6.56. The second kappa shape index (κ2) is 4.96. The van der Waals surface area contributed by atoms with Crippen molar-refractivity contribution in [2.45, 2.75) is 33.6 Å². The van der Waals surface area contributed by atoms with Crippen LogP contribution in [0.1, 0.15) is 33.6 Å². The van der Waals surface area contributed by atoms with Crippen LogP contribution in [0.3, 0.4) is 0 Å². The molecule has 0 atom stereocenters. The number of nitrogens with zero attached hydrogens (tertiary/aromatic N) is 4. The smallest absolute Gasteiger partial charge is 0.231 e. The summed E-state index contributed by atoms with van der Waals surface area (Å²) in [6.07, 6.45) is 2.53. The lowest BCUT2D eigenvalue weighted by atomic mass is 10.1. The highest BCUT2D eigenvalue weighted by Gasteiger charge is 2.37. The zero-order valence-electron chi connectivity index (χ0n) is 11.4. The van der Waals surface area contributed by atoms with Gasteiger partial charge in [-0.05, 0) is 32.1 Å². The maximum absolute atomic E-state index is 5.73. The van der Waals surface area contributed by atoms with E-state index in [4.69, 9.17) is 5.73 Å². The Labute approximate surface area is 108 Å². The largest absolute Gasteiger partial charge is 0.368 e. The van der Waals surface area contributed by atoms with E-state index < -0.39 is 0 Å². The predicted molar refractivity (Wildman–Crippen MR) is 73.6 cm³/mol. The monoisotopic (exact) mass is 250 g/mol. The fourth-order valence-corrected chi connectivity index (χ4v) is 1.79. The van der Waals surface area contributed by atoms with E-state index in [2.05, 4.69) is 45.9 Å². The minimum Gasteiger partial charge on any atom is -0.368 e. The molecule has 6 heteroatoms. The lowest BCUT2D eigenvalue weighted by molar-refractivity contribution is 0.607. The van der Waals surface area contributed by atoms with E-state index >= 15 is 0 Å². The Morgan fingerprint density at radius 1 is 1.22 bits per heavy atom. The highest BCUT2D eigenvalue weighted by molar-refractivity contribution is 5.41. The summed E-state index contributed by atoms with van der Waals surface area (Å²) in [4.78, 5) is 14.8. The van der Waals surface area contributed by atoms with Crippen LogP contribution in [0.25, 0.3) is 0 Å². The summed E-state index contributed by atoms with van der Waals surface area (Å²) >= 11 is 0. The van der Waals surface area contributed by atoms with E-state index in [1.54, 1.807) is 0 Å². The second-order valence-corrected chi connectivity index (χ2v) is 5.15. The van der Waals surface area contributed by atoms with Crippen molar-refractivity contribution in [3.05, 3.63) is 0 Å². The van der Waals surface area contributed by atoms with Crippen LogP contribution in [0, 0.1) is 5.41 Å². The first-order valence-electron chi connectivity index (χ1n) is 6.56. The lowest BCUT2D eigenvalue weighted by Crippen LogP contribution is -2.25. The third kappa shape index (κ3) is 3.00. The second-order valence-electron chi connectivity index (χ2n) is 5.15. The van der Waals surface area contributed by atoms with Gasteiger partial charge in [0.25, 0.3) is 0 Å². The van der Waals surface area contributed by atoms with Crippen LogP contribution in [0.2, 0.25) is 0 Å². The topological polar surface area (TPSA) is 80.0 Å². The van der Waals surface area contributed by atoms with Crippen molar-refractivity contribution in [1.29, 1.82) is 0 Å². The van der Waals surface area contributed by atoms with Crippen molar-refractivity contribution in [2.75, 3.05) is 35.6 Å². The van der Waals surface area contributed by atoms with E-state index in [1.807, 2.05) is 0 Å². The van der Waals surface area contributed by atoms with Gasteiger partial charge >= 0.3 is 0 Å². The normalized spacial score (nSPS) is 16.4. The molecule has 0 unspecified atom stereocenters. The van der Waals surface area contributed by atoms with Crippen molar-refractivity contribution in [3.8, 4) is 0 Å². The molecule has 100 valence electrons. The molecule has 2 rings (SSSR count). The van der Waals surface area contributed by atoms with Gasteiger partial charge in [0.2, 0.25) is 17.8 Å². The minimum atomic E-state index is 0.273. The molecular formula is C12H22N6. The van der Waals surface area contributed by atoms with Gasteiger partial charge in [-0.2, -0.15) is 15.0 Å². The van der Waals surface area contributed by atoms with Gasteiger partial charge in [0, 0.05) is 19.6 Å². The van der Waals surface area contributed by atoms with Crippen molar-refractivity contribution in [2.24, 2.45) is 5.41 Å². The number of rotatable bonds is 6. The molecule has 6 nitrogen and oxygen atoms in total. The average Bonchev–Trinajstić information content (AvgIpc) is 3.07. The van der Waals surface area contributed by atoms with Crippen molar-refractivity contribution in [1.82, 2.24) is 15.0 Å². The third-order valence-corrected chi connectivity index (χ3v) is 3.46. The van der Waals surface area contributed by atoms with Crippen LogP contribution in [-0.2, 0) is 0 Å². The van der Waals surface area contributed by atoms with Gasteiger partial charge in [-0.15, -0.1) is 0 Å². The number of nitrogens with one attached hydrogen (secondary N) is 1. The summed E-state index contributed by atoms with van der Waals surface area (Å²) in [6, 6.07) is 0. The van der Waals surface area contributed by atoms with E-state index in [0.29, 0.717) is 17.3 Å². The van der Waals surface area contributed by atoms with Crippen LogP contribution in [-0.4, -0.2) is 34.6 Å². The lowest BCUT2D eigenvalue weighted by Gasteiger charge is -2.19. The quantitative estimate of drug-likeness (QED) is 0.796. The number of aromatic nitrogens is 3. The molecule has 3 N–H and O–H groups in total. The van der Waals surface area contributed by atoms with Crippen LogP contribution in [0.15, 0.2) is 0 Å². The molecule has 1 aliphatic carbocycles. The van der Waals surface area contributed by atoms with Crippen molar-refractivity contribution >= 4 is 17.8 Å². The van der Waals surface area contributed by atoms with Gasteiger partial charge in [0.15, 0.2) is 0 Å². The molecule has 0 aromatic carbocycles. The highest BCUT2D eigenvalue weighted by Crippen LogP contribution is 2.44. The van der Waals surface area contributed by atoms with Crippen LogP contribution in [0.5, 0.6) is 0 Å². The number of hydrogen-bond acceptors (Lipinski definition) is 6. The Morgan fingerprint density at radius 3 is 2.44 bits per heavy atom. The molecular weight excluding hydrogens is 228 g/mol. The molecule has 0 aliphatic heterocycles. The maximum Gasteiger partial charge on any atom is 0.231 e. The summed E-state index contributed by atoms with van der Waals surface area (Å²) in [5, 5.41) is 3.26. The van der Waals surface area contributed by atoms with Crippen molar-refractivity contribution in [3.63, 3.8) is 0 Å². The van der Waals surface area contributed by atoms with Crippen LogP contribution >= 0.6 is 0 Å². The Morgan fingerprint density at radius 2 is 1.89 bits per heavy atom. The summed E-state index contributed by atoms with van der Waals surface area (Å²) in [5.41, 5.74) is 6.15. The van der Waals surface area contributed by atoms with E-state index in [0.717, 1.165) is 19.6 Å². The van der Waals surface area contributed by atoms with Gasteiger partial charge in [-0.1, -0.05) is 6.92 Å². The molecule has 0 bridgehead atoms. The fraction of sp³-hybridized carbons (Fsp3) is 0.750. The Bertz CT molecular complexity index is 411. The predicted octanol–water partition coefficient (Wildman–Crippen LogP) is 1.51. The van der Waals surface area contributed by atoms with Crippen molar-refractivity contribution < 1.29 is 0 Å². The summed E-state index contributed by atoms with van der Waals surface area (Å²) in [5.74, 6) is 1.50. The number of nitrogens with two attached hydrogens (primary N) is 1. The minimum absolute atomic E-state index is 0.273. The summed E-state index contributed by atoms with van der Waals surface area (Å²) in [7, 11) is 0. The Kier molecular flexibility index (Phi) is 3.54. The molecule has 1 saturated carbocycles. The summed E-state index contributed by atoms with van der Waals surface area (Å²) < 4.78 is 0. The molecule has 0 saturated heterocycles. The van der Waals surface area contributed by atoms with Gasteiger partial charge < -0.3 is 16.0 Å². The average molecular weight is 250 g/mol. The molecule has 1 aromatic heterocycles. The van der Waals surface area contributed by atoms with E-state index in [1.165, 1.54) is 12.8 Å². The molecule has 1 fully saturated rings. The molecule has 0 radical (unpaired) electrons. The first-order chi connectivity index (χ1) is 8.56. The zero-order chi connectivity index (χ0) is 13.2. The maximum atomic E-state index is 5.73. The van der Waals surface area contributed by atoms with Gasteiger partial charge in [-0.3, -0.25) is 0 Å². The molecule has 1 aliphatic rings. The Balaban J connectivity index is 2.09. The summed E-state index contributed by atoms with van der Waals surface area (Å²) in [6.45, 7) is 9.02. The fourth-order valence-electron chi connectivity index (χ4n) is 1.79. The molecule has 18 heavy (non-hydrogen) atoms. The SMILES string of the molecule is CCN(CC)c1nc(N)nc(NCC2(C)CC2)n1. The van der Waals surface area contributed by atoms with Gasteiger partial charge in [0.05, 0.1) is 0 Å². The highest BCUT2D eigenvalue weighted by atomic mass is 15.3. The van der Waals surface area contributed by atoms with Crippen LogP contribution < -0.4 is 16.0 Å². The van der Waals surface area contributed by atoms with Gasteiger partial charge in [0.1, 0.15) is 0 Å². The Hall–Kier alpha value is -1.59.